The number of carbonyl (C=O) groups excluding carboxylic acids is 7. The first-order valence-corrected chi connectivity index (χ1v) is 34.0. The van der Waals surface area contributed by atoms with Crippen LogP contribution in [0.3, 0.4) is 0 Å². The fourth-order valence-corrected chi connectivity index (χ4v) is 12.0. The largest absolute Gasteiger partial charge is 0.444 e. The van der Waals surface area contributed by atoms with E-state index >= 15 is 0 Å². The van der Waals surface area contributed by atoms with Crippen LogP contribution in [0, 0.1) is 53.0 Å². The van der Waals surface area contributed by atoms with Crippen LogP contribution >= 0.6 is 34.8 Å². The number of hydrogen-bond acceptors (Lipinski definition) is 16. The van der Waals surface area contributed by atoms with Crippen molar-refractivity contribution in [2.24, 2.45) is 35.5 Å². The molecular weight excluding hydrogens is 1460 g/mol. The zero-order valence-electron chi connectivity index (χ0n) is 56.9. The Morgan fingerprint density at radius 3 is 1.07 bits per heavy atom. The van der Waals surface area contributed by atoms with Gasteiger partial charge in [0, 0.05) is 113 Å². The number of carbonyl (C=O) groups is 7. The Labute approximate surface area is 621 Å². The Bertz CT molecular complexity index is 4960. The van der Waals surface area contributed by atoms with Crippen LogP contribution in [-0.4, -0.2) is 138 Å². The summed E-state index contributed by atoms with van der Waals surface area (Å²) in [4.78, 5) is 141. The molecule has 0 bridgehead atoms. The van der Waals surface area contributed by atoms with E-state index in [0.717, 1.165) is 12.1 Å². The van der Waals surface area contributed by atoms with Crippen molar-refractivity contribution in [2.45, 2.75) is 32.8 Å². The number of amides is 7. The summed E-state index contributed by atoms with van der Waals surface area (Å²) < 4.78 is 79.6. The second-order valence-corrected chi connectivity index (χ2v) is 26.8. The number of ether oxygens (including phenoxy) is 1. The van der Waals surface area contributed by atoms with Gasteiger partial charge in [0.15, 0.2) is 0 Å². The van der Waals surface area contributed by atoms with Crippen molar-refractivity contribution in [1.82, 2.24) is 43.8 Å². The van der Waals surface area contributed by atoms with Gasteiger partial charge in [-0.25, -0.2) is 41.7 Å². The van der Waals surface area contributed by atoms with E-state index in [2.05, 4.69) is 52.2 Å². The first-order valence-electron chi connectivity index (χ1n) is 32.9. The molecule has 0 spiro atoms. The number of alkyl halides is 2. The van der Waals surface area contributed by atoms with Gasteiger partial charge < -0.3 is 46.9 Å². The average molecular weight is 1530 g/mol. The van der Waals surface area contributed by atoms with Gasteiger partial charge in [0.25, 0.3) is 23.1 Å². The van der Waals surface area contributed by atoms with Crippen molar-refractivity contribution in [1.29, 1.82) is 0 Å². The van der Waals surface area contributed by atoms with Gasteiger partial charge in [-0.3, -0.25) is 61.8 Å². The summed E-state index contributed by atoms with van der Waals surface area (Å²) in [6, 6.07) is 34.7. The lowest BCUT2D eigenvalue weighted by molar-refractivity contribution is -0.127. The highest BCUT2D eigenvalue weighted by atomic mass is 35.5. The number of likely N-dealkylation sites (tertiary alicyclic amines) is 2. The summed E-state index contributed by atoms with van der Waals surface area (Å²) in [6.07, 6.45) is 5.27. The third kappa shape index (κ3) is 20.7. The molecule has 9 heterocycles. The minimum atomic E-state index is -2.65. The molecule has 3 saturated heterocycles. The molecule has 3 aliphatic rings. The van der Waals surface area contributed by atoms with E-state index in [9.17, 15) is 69.9 Å². The molecule has 7 amide bonds. The Kier molecular flexibility index (Phi) is 25.6. The van der Waals surface area contributed by atoms with Crippen LogP contribution in [0.15, 0.2) is 197 Å². The zero-order valence-corrected chi connectivity index (χ0v) is 59.2. The predicted octanol–water partition coefficient (Wildman–Crippen LogP) is 9.94. The molecule has 34 heteroatoms. The van der Waals surface area contributed by atoms with Crippen molar-refractivity contribution < 1.29 is 60.3 Å². The van der Waals surface area contributed by atoms with Crippen LogP contribution in [0.1, 0.15) is 20.8 Å². The fourth-order valence-electron chi connectivity index (χ4n) is 11.7. The minimum Gasteiger partial charge on any atom is -0.444 e. The average Bonchev–Trinajstić information content (AvgIpc) is 1.73. The van der Waals surface area contributed by atoms with E-state index in [1.165, 1.54) is 140 Å². The number of aromatic nitrogens is 6. The maximum atomic E-state index is 15.0. The Hall–Kier alpha value is -11.5. The van der Waals surface area contributed by atoms with E-state index in [4.69, 9.17) is 39.5 Å². The van der Waals surface area contributed by atoms with Crippen molar-refractivity contribution in [3.63, 3.8) is 0 Å². The minimum absolute atomic E-state index is 0.0341. The highest BCUT2D eigenvalue weighted by molar-refractivity contribution is 6.31. The van der Waals surface area contributed by atoms with Crippen LogP contribution in [0.5, 0.6) is 0 Å². The van der Waals surface area contributed by atoms with E-state index in [-0.39, 0.29) is 95.4 Å². The van der Waals surface area contributed by atoms with Gasteiger partial charge in [-0.2, -0.15) is 0 Å². The first kappa shape index (κ1) is 78.1. The summed E-state index contributed by atoms with van der Waals surface area (Å²) >= 11 is 17.4. The summed E-state index contributed by atoms with van der Waals surface area (Å²) in [5.41, 5.74) is -1.25. The molecular formula is C73H67Cl3F5N15O11. The number of rotatable bonds is 17. The normalized spacial score (nSPS) is 17.5. The number of hydrogen-bond donors (Lipinski definition) is 7. The molecule has 556 valence electrons. The number of nitrogens with one attached hydrogen (secondary N) is 7. The van der Waals surface area contributed by atoms with Crippen LogP contribution < -0.4 is 53.9 Å². The monoisotopic (exact) mass is 1530 g/mol. The molecule has 12 rings (SSSR count). The lowest BCUT2D eigenvalue weighted by Gasteiger charge is -2.24. The molecule has 0 radical (unpaired) electrons. The van der Waals surface area contributed by atoms with Crippen LogP contribution in [0.2, 0.25) is 15.1 Å². The maximum absolute atomic E-state index is 15.0. The fraction of sp³-hybridized carbons (Fsp3) is 0.247. The third-order valence-electron chi connectivity index (χ3n) is 16.9. The van der Waals surface area contributed by atoms with Gasteiger partial charge in [0.2, 0.25) is 35.4 Å². The van der Waals surface area contributed by atoms with E-state index < -0.39 is 107 Å². The summed E-state index contributed by atoms with van der Waals surface area (Å²) in [5, 5.41) is 19.6. The third-order valence-corrected chi connectivity index (χ3v) is 17.5. The summed E-state index contributed by atoms with van der Waals surface area (Å²) in [6.45, 7) is 4.68. The topological polar surface area (TPSA) is 324 Å². The molecule has 3 aliphatic heterocycles. The molecule has 6 atom stereocenters. The van der Waals surface area contributed by atoms with Crippen molar-refractivity contribution in [2.75, 3.05) is 77.7 Å². The molecule has 107 heavy (non-hydrogen) atoms. The Balaban J connectivity index is 0.000000172. The molecule has 0 unspecified atom stereocenters. The van der Waals surface area contributed by atoms with Crippen LogP contribution in [-0.2, 0) is 33.5 Å². The summed E-state index contributed by atoms with van der Waals surface area (Å²) in [5.74, 6) is -10.2. The quantitative estimate of drug-likeness (QED) is 0.0417. The van der Waals surface area contributed by atoms with Crippen molar-refractivity contribution in [3.05, 3.63) is 246 Å². The number of anilines is 6. The predicted molar refractivity (Wildman–Crippen MR) is 390 cm³/mol. The molecule has 7 N–H and O–H groups in total. The number of halogens is 8. The maximum Gasteiger partial charge on any atom is 0.410 e. The van der Waals surface area contributed by atoms with Crippen molar-refractivity contribution in [3.8, 4) is 17.1 Å². The smallest absolute Gasteiger partial charge is 0.410 e. The molecule has 6 aromatic heterocycles. The van der Waals surface area contributed by atoms with E-state index in [1.54, 1.807) is 75.4 Å². The number of nitrogens with zero attached hydrogens (tertiary/aromatic N) is 8. The molecule has 0 aliphatic carbocycles. The second-order valence-electron chi connectivity index (χ2n) is 25.5. The standard InChI is InChI=1S/C27H27ClFN5O5.C24H21ClF3N5O3.C22H19ClFN5O3/c1-27(2,3)39-26(38)33-14-18(19(15-33)25(37)32-22-10-7-16(28)13-30-22)24(36)31-21-9-8-17(12-20(21)29)34-11-5-4-6-23(34)35;25-14-4-7-21(29-10-14)31-24(36)17-12-32(13-20(27)28)11-16(17)23(35)30-19-6-5-15(9-18(19)26)33-8-2-1-3-22(33)34;23-13-4-7-19(26-10-13)28-22(32)16-12-25-11-15(16)21(31)27-18-6-5-14(9-17(18)24)29-8-2-1-3-20(29)30/h4-13,18-19H,14-15H2,1-3H3,(H,31,36)(H,30,32,37);1-10,16-17,20H,11-13H2,(H,30,35)(H,29,31,36);1-10,15-16,25H,11-12H2,(H,27,31)(H,26,28,32)/t18-,19-;16-,17-;15-,16-/m000/s1. The molecule has 0 saturated carbocycles. The highest BCUT2D eigenvalue weighted by Crippen LogP contribution is 2.32. The SMILES string of the molecule is CC(C)(C)OC(=O)N1C[C@H](C(=O)Nc2ccc(Cl)cn2)[C@@H](C(=O)Nc2ccc(-n3ccccc3=O)cc2F)C1.O=C(Nc1ccc(Cl)cn1)[C@H]1CN(CC(F)F)C[C@@H]1C(=O)Nc1ccc(-n2ccccc2=O)cc1F.O=C(Nc1ccc(Cl)cn1)[C@H]1CNC[C@@H]1C(=O)Nc1ccc(-n2ccccc2=O)cc1F. The lowest BCUT2D eigenvalue weighted by atomic mass is 9.94. The molecule has 26 nitrogen and oxygen atoms in total. The first-order chi connectivity index (χ1) is 51.0. The van der Waals surface area contributed by atoms with Gasteiger partial charge >= 0.3 is 6.09 Å². The van der Waals surface area contributed by atoms with Gasteiger partial charge in [-0.1, -0.05) is 53.0 Å². The Morgan fingerprint density at radius 2 is 0.776 bits per heavy atom. The van der Waals surface area contributed by atoms with Gasteiger partial charge in [-0.05, 0) is 112 Å². The lowest BCUT2D eigenvalue weighted by Crippen LogP contribution is -2.36. The second kappa shape index (κ2) is 35.1. The van der Waals surface area contributed by atoms with Gasteiger partial charge in [-0.15, -0.1) is 0 Å². The van der Waals surface area contributed by atoms with Crippen LogP contribution in [0.4, 0.5) is 61.3 Å². The zero-order chi connectivity index (χ0) is 76.8. The number of benzene rings is 3. The highest BCUT2D eigenvalue weighted by Gasteiger charge is 2.46. The number of pyridine rings is 6. The van der Waals surface area contributed by atoms with E-state index in [1.807, 2.05) is 0 Å². The van der Waals surface area contributed by atoms with Crippen molar-refractivity contribution >= 4 is 111 Å². The van der Waals surface area contributed by atoms with Gasteiger partial charge in [0.05, 0.1) is 91.2 Å². The Morgan fingerprint density at radius 1 is 0.458 bits per heavy atom. The van der Waals surface area contributed by atoms with E-state index in [0.29, 0.717) is 33.1 Å². The molecule has 9 aromatic rings. The molecule has 3 fully saturated rings. The van der Waals surface area contributed by atoms with Crippen LogP contribution in [0.25, 0.3) is 17.1 Å². The van der Waals surface area contributed by atoms with Gasteiger partial charge in [0.1, 0.15) is 40.5 Å². The summed E-state index contributed by atoms with van der Waals surface area (Å²) in [7, 11) is 0. The molecule has 3 aromatic carbocycles.